The highest BCUT2D eigenvalue weighted by Crippen LogP contribution is 2.18. The van der Waals surface area contributed by atoms with E-state index in [1.165, 1.54) is 0 Å². The van der Waals surface area contributed by atoms with Crippen LogP contribution in [0.15, 0.2) is 28.7 Å². The quantitative estimate of drug-likeness (QED) is 0.873. The van der Waals surface area contributed by atoms with Gasteiger partial charge in [-0.1, -0.05) is 34.1 Å². The van der Waals surface area contributed by atoms with Crippen molar-refractivity contribution in [3.8, 4) is 0 Å². The second-order valence-electron chi connectivity index (χ2n) is 4.94. The lowest BCUT2D eigenvalue weighted by Gasteiger charge is -2.22. The molecule has 17 heavy (non-hydrogen) atoms. The van der Waals surface area contributed by atoms with Crippen molar-refractivity contribution in [3.05, 3.63) is 34.3 Å². The summed E-state index contributed by atoms with van der Waals surface area (Å²) in [5, 5.41) is 0. The highest BCUT2D eigenvalue weighted by Gasteiger charge is 2.22. The summed E-state index contributed by atoms with van der Waals surface area (Å²) in [7, 11) is 0. The Labute approximate surface area is 110 Å². The van der Waals surface area contributed by atoms with E-state index in [2.05, 4.69) is 15.9 Å². The monoisotopic (exact) mass is 299 g/mol. The molecule has 94 valence electrons. The van der Waals surface area contributed by atoms with Crippen molar-refractivity contribution in [1.82, 2.24) is 0 Å². The van der Waals surface area contributed by atoms with Crippen molar-refractivity contribution < 1.29 is 9.53 Å². The average Bonchev–Trinajstić information content (AvgIpc) is 2.18. The predicted octanol–water partition coefficient (Wildman–Crippen LogP) is 2.66. The Hall–Kier alpha value is -0.870. The summed E-state index contributed by atoms with van der Waals surface area (Å²) in [4.78, 5) is 11.7. The number of rotatable bonds is 3. The summed E-state index contributed by atoms with van der Waals surface area (Å²) in [6, 6.07) is 7.08. The van der Waals surface area contributed by atoms with Gasteiger partial charge in [0.15, 0.2) is 0 Å². The summed E-state index contributed by atoms with van der Waals surface area (Å²) >= 11 is 3.43. The molecule has 0 saturated heterocycles. The summed E-state index contributed by atoms with van der Waals surface area (Å²) in [6.45, 7) is 5.49. The molecule has 0 heterocycles. The minimum Gasteiger partial charge on any atom is -0.459 e. The Morgan fingerprint density at radius 2 is 2.00 bits per heavy atom. The summed E-state index contributed by atoms with van der Waals surface area (Å²) in [5.74, 6) is -0.367. The van der Waals surface area contributed by atoms with E-state index in [1.807, 2.05) is 45.0 Å². The summed E-state index contributed by atoms with van der Waals surface area (Å²) in [6.07, 6.45) is 0.469. The first-order chi connectivity index (χ1) is 7.79. The number of halogens is 1. The maximum absolute atomic E-state index is 11.7. The van der Waals surface area contributed by atoms with E-state index in [9.17, 15) is 4.79 Å². The summed E-state index contributed by atoms with van der Waals surface area (Å²) < 4.78 is 6.19. The average molecular weight is 300 g/mol. The second-order valence-corrected chi connectivity index (χ2v) is 5.79. The maximum Gasteiger partial charge on any atom is 0.323 e. The van der Waals surface area contributed by atoms with Crippen LogP contribution in [0.3, 0.4) is 0 Å². The number of ether oxygens (including phenoxy) is 1. The van der Waals surface area contributed by atoms with Crippen LogP contribution in [0, 0.1) is 0 Å². The van der Waals surface area contributed by atoms with Crippen LogP contribution in [0.5, 0.6) is 0 Å². The zero-order valence-corrected chi connectivity index (χ0v) is 12.0. The van der Waals surface area contributed by atoms with Crippen LogP contribution in [0.4, 0.5) is 0 Å². The molecule has 3 nitrogen and oxygen atoms in total. The first kappa shape index (κ1) is 14.2. The molecule has 1 aromatic rings. The first-order valence-corrected chi connectivity index (χ1v) is 6.31. The molecule has 0 unspecified atom stereocenters. The molecule has 0 aromatic heterocycles. The van der Waals surface area contributed by atoms with Crippen LogP contribution in [0.2, 0.25) is 0 Å². The van der Waals surface area contributed by atoms with E-state index in [0.717, 1.165) is 10.0 Å². The molecule has 0 fully saturated rings. The molecule has 1 atom stereocenters. The van der Waals surface area contributed by atoms with Gasteiger partial charge in [-0.2, -0.15) is 0 Å². The van der Waals surface area contributed by atoms with Crippen molar-refractivity contribution >= 4 is 21.9 Å². The van der Waals surface area contributed by atoms with Gasteiger partial charge in [0.05, 0.1) is 0 Å². The summed E-state index contributed by atoms with van der Waals surface area (Å²) in [5.41, 5.74) is 6.34. The third-order valence-corrected chi connectivity index (χ3v) is 2.88. The van der Waals surface area contributed by atoms with Crippen LogP contribution in [0.1, 0.15) is 26.3 Å². The van der Waals surface area contributed by atoms with E-state index in [4.69, 9.17) is 10.5 Å². The predicted molar refractivity (Wildman–Crippen MR) is 71.7 cm³/mol. The number of carbonyl (C=O) groups is 1. The number of esters is 1. The van der Waals surface area contributed by atoms with Gasteiger partial charge in [0.25, 0.3) is 0 Å². The van der Waals surface area contributed by atoms with Gasteiger partial charge in [0.1, 0.15) is 11.6 Å². The van der Waals surface area contributed by atoms with Crippen molar-refractivity contribution in [2.24, 2.45) is 5.73 Å². The minimum absolute atomic E-state index is 0.367. The normalized spacial score (nSPS) is 13.2. The van der Waals surface area contributed by atoms with Gasteiger partial charge in [0, 0.05) is 4.47 Å². The molecule has 0 aliphatic heterocycles. The molecule has 2 N–H and O–H groups in total. The van der Waals surface area contributed by atoms with Crippen LogP contribution >= 0.6 is 15.9 Å². The van der Waals surface area contributed by atoms with Crippen molar-refractivity contribution in [3.63, 3.8) is 0 Å². The standard InChI is InChI=1S/C13H18BrNO2/c1-13(2,3)17-12(16)11(15)8-9-6-4-5-7-10(9)14/h4-7,11H,8,15H2,1-3H3/t11-/m1/s1. The second kappa shape index (κ2) is 5.65. The van der Waals surface area contributed by atoms with E-state index in [-0.39, 0.29) is 5.97 Å². The van der Waals surface area contributed by atoms with Gasteiger partial charge in [-0.05, 0) is 38.8 Å². The number of hydrogen-bond acceptors (Lipinski definition) is 3. The molecule has 0 bridgehead atoms. The molecule has 0 aliphatic carbocycles. The van der Waals surface area contributed by atoms with E-state index in [1.54, 1.807) is 0 Å². The van der Waals surface area contributed by atoms with Crippen LogP contribution in [0.25, 0.3) is 0 Å². The van der Waals surface area contributed by atoms with Crippen molar-refractivity contribution in [2.45, 2.75) is 38.8 Å². The molecule has 0 radical (unpaired) electrons. The molecule has 1 aromatic carbocycles. The number of carbonyl (C=O) groups excluding carboxylic acids is 1. The zero-order valence-electron chi connectivity index (χ0n) is 10.4. The highest BCUT2D eigenvalue weighted by atomic mass is 79.9. The lowest BCUT2D eigenvalue weighted by atomic mass is 10.1. The van der Waals surface area contributed by atoms with Gasteiger partial charge in [0.2, 0.25) is 0 Å². The molecule has 0 amide bonds. The Morgan fingerprint density at radius 3 is 2.53 bits per heavy atom. The van der Waals surface area contributed by atoms with Gasteiger partial charge < -0.3 is 10.5 Å². The van der Waals surface area contributed by atoms with E-state index < -0.39 is 11.6 Å². The SMILES string of the molecule is CC(C)(C)OC(=O)[C@H](N)Cc1ccccc1Br. The van der Waals surface area contributed by atoms with Gasteiger partial charge >= 0.3 is 5.97 Å². The lowest BCUT2D eigenvalue weighted by Crippen LogP contribution is -2.38. The zero-order chi connectivity index (χ0) is 13.1. The number of hydrogen-bond donors (Lipinski definition) is 1. The molecule has 1 rings (SSSR count). The van der Waals surface area contributed by atoms with E-state index >= 15 is 0 Å². The Bertz CT molecular complexity index is 399. The maximum atomic E-state index is 11.7. The van der Waals surface area contributed by atoms with Gasteiger partial charge in [-0.3, -0.25) is 4.79 Å². The molecule has 0 aliphatic rings. The Morgan fingerprint density at radius 1 is 1.41 bits per heavy atom. The number of nitrogens with two attached hydrogens (primary N) is 1. The molecule has 0 saturated carbocycles. The topological polar surface area (TPSA) is 52.3 Å². The van der Waals surface area contributed by atoms with Crippen molar-refractivity contribution in [1.29, 1.82) is 0 Å². The minimum atomic E-state index is -0.632. The fourth-order valence-electron chi connectivity index (χ4n) is 1.36. The Kier molecular flexibility index (Phi) is 4.71. The third-order valence-electron chi connectivity index (χ3n) is 2.11. The smallest absolute Gasteiger partial charge is 0.323 e. The Balaban J connectivity index is 2.64. The largest absolute Gasteiger partial charge is 0.459 e. The van der Waals surface area contributed by atoms with Crippen LogP contribution in [-0.4, -0.2) is 17.6 Å². The van der Waals surface area contributed by atoms with Crippen LogP contribution in [-0.2, 0) is 16.0 Å². The lowest BCUT2D eigenvalue weighted by molar-refractivity contribution is -0.156. The molecule has 4 heteroatoms. The van der Waals surface area contributed by atoms with Crippen molar-refractivity contribution in [2.75, 3.05) is 0 Å². The molecule has 0 spiro atoms. The molecular formula is C13H18BrNO2. The molecular weight excluding hydrogens is 282 g/mol. The fraction of sp³-hybridized carbons (Fsp3) is 0.462. The van der Waals surface area contributed by atoms with Gasteiger partial charge in [-0.25, -0.2) is 0 Å². The first-order valence-electron chi connectivity index (χ1n) is 5.51. The third kappa shape index (κ3) is 4.88. The number of benzene rings is 1. The highest BCUT2D eigenvalue weighted by molar-refractivity contribution is 9.10. The fourth-order valence-corrected chi connectivity index (χ4v) is 1.81. The van der Waals surface area contributed by atoms with Gasteiger partial charge in [-0.15, -0.1) is 0 Å². The van der Waals surface area contributed by atoms with Crippen LogP contribution < -0.4 is 5.73 Å². The van der Waals surface area contributed by atoms with E-state index in [0.29, 0.717) is 6.42 Å².